The second-order valence-corrected chi connectivity index (χ2v) is 8.06. The number of hydrogen-bond donors (Lipinski definition) is 5. The van der Waals surface area contributed by atoms with Crippen LogP contribution < -0.4 is 16.0 Å². The zero-order valence-corrected chi connectivity index (χ0v) is 16.6. The van der Waals surface area contributed by atoms with Crippen molar-refractivity contribution in [1.82, 2.24) is 10.6 Å². The summed E-state index contributed by atoms with van der Waals surface area (Å²) in [5, 5.41) is 27.5. The monoisotopic (exact) mass is 376 g/mol. The predicted octanol–water partition coefficient (Wildman–Crippen LogP) is 1.51. The van der Waals surface area contributed by atoms with Gasteiger partial charge in [-0.2, -0.15) is 0 Å². The first-order chi connectivity index (χ1) is 12.7. The van der Waals surface area contributed by atoms with Gasteiger partial charge in [0.15, 0.2) is 0 Å². The second kappa shape index (κ2) is 9.30. The quantitative estimate of drug-likeness (QED) is 0.420. The molecule has 1 fully saturated rings. The first-order valence-corrected chi connectivity index (χ1v) is 9.44. The summed E-state index contributed by atoms with van der Waals surface area (Å²) in [4.78, 5) is 12.5. The molecular weight excluding hydrogens is 344 g/mol. The van der Waals surface area contributed by atoms with Gasteiger partial charge < -0.3 is 25.8 Å². The highest BCUT2D eigenvalue weighted by Gasteiger charge is 2.27. The molecule has 1 amide bonds. The maximum Gasteiger partial charge on any atom is 0.270 e. The van der Waals surface area contributed by atoms with Gasteiger partial charge in [0.05, 0.1) is 18.8 Å². The summed E-state index contributed by atoms with van der Waals surface area (Å²) in [7, 11) is 0. The Morgan fingerprint density at radius 2 is 2.11 bits per heavy atom. The molecule has 5 N–H and O–H groups in total. The van der Waals surface area contributed by atoms with Crippen molar-refractivity contribution in [3.8, 4) is 0 Å². The van der Waals surface area contributed by atoms with Crippen LogP contribution in [0.4, 0.5) is 5.69 Å². The van der Waals surface area contributed by atoms with Gasteiger partial charge >= 0.3 is 0 Å². The molecule has 1 aliphatic rings. The molecule has 1 aromatic carbocycles. The summed E-state index contributed by atoms with van der Waals surface area (Å²) in [5.41, 5.74) is 0.494. The first kappa shape index (κ1) is 21.3. The third kappa shape index (κ3) is 6.93. The van der Waals surface area contributed by atoms with E-state index in [-0.39, 0.29) is 36.4 Å². The normalized spacial score (nSPS) is 19.9. The molecule has 1 saturated heterocycles. The van der Waals surface area contributed by atoms with E-state index in [1.165, 1.54) is 0 Å². The number of carbonyl (C=O) groups excluding carboxylic acids is 1. The van der Waals surface area contributed by atoms with E-state index in [0.29, 0.717) is 18.7 Å². The lowest BCUT2D eigenvalue weighted by molar-refractivity contribution is -0.115. The van der Waals surface area contributed by atoms with Crippen LogP contribution in [0.2, 0.25) is 0 Å². The molecule has 0 aromatic heterocycles. The Balaban J connectivity index is 1.86. The average Bonchev–Trinajstić information content (AvgIpc) is 3.00. The molecule has 0 aliphatic carbocycles. The number of hydrogen-bond acceptors (Lipinski definition) is 6. The molecule has 0 saturated carbocycles. The fraction of sp³-hybridized carbons (Fsp3) is 0.600. The van der Waals surface area contributed by atoms with Gasteiger partial charge in [0.1, 0.15) is 5.71 Å². The minimum Gasteiger partial charge on any atom is -0.388 e. The molecular formula is C20H32N4O3. The van der Waals surface area contributed by atoms with E-state index in [2.05, 4.69) is 16.0 Å². The Hall–Kier alpha value is -1.96. The average molecular weight is 377 g/mol. The molecule has 7 heteroatoms. The molecule has 0 radical (unpaired) electrons. The van der Waals surface area contributed by atoms with Crippen LogP contribution in [0.15, 0.2) is 24.3 Å². The van der Waals surface area contributed by atoms with Crippen LogP contribution in [-0.2, 0) is 9.53 Å². The van der Waals surface area contributed by atoms with Crippen molar-refractivity contribution in [3.05, 3.63) is 29.8 Å². The van der Waals surface area contributed by atoms with Gasteiger partial charge in [-0.05, 0) is 40.2 Å². The number of carbonyl (C=O) groups is 1. The summed E-state index contributed by atoms with van der Waals surface area (Å²) in [5.74, 6) is -0.377. The van der Waals surface area contributed by atoms with Gasteiger partial charge in [-0.25, -0.2) is 0 Å². The van der Waals surface area contributed by atoms with Crippen molar-refractivity contribution in [2.75, 3.05) is 25.1 Å². The lowest BCUT2D eigenvalue weighted by atomic mass is 10.1. The van der Waals surface area contributed by atoms with Crippen LogP contribution in [0.5, 0.6) is 0 Å². The highest BCUT2D eigenvalue weighted by molar-refractivity contribution is 6.45. The van der Waals surface area contributed by atoms with Crippen molar-refractivity contribution >= 4 is 17.3 Å². The summed E-state index contributed by atoms with van der Waals surface area (Å²) in [6.45, 7) is 8.84. The van der Waals surface area contributed by atoms with Crippen molar-refractivity contribution in [3.63, 3.8) is 0 Å². The molecule has 2 rings (SSSR count). The Kier molecular flexibility index (Phi) is 7.35. The molecule has 150 valence electrons. The lowest BCUT2D eigenvalue weighted by Crippen LogP contribution is -2.40. The molecule has 27 heavy (non-hydrogen) atoms. The van der Waals surface area contributed by atoms with Crippen molar-refractivity contribution in [2.24, 2.45) is 0 Å². The van der Waals surface area contributed by atoms with Crippen molar-refractivity contribution in [2.45, 2.75) is 57.8 Å². The summed E-state index contributed by atoms with van der Waals surface area (Å²) >= 11 is 0. The minimum absolute atomic E-state index is 0.0412. The lowest BCUT2D eigenvalue weighted by Gasteiger charge is -2.19. The Morgan fingerprint density at radius 3 is 2.78 bits per heavy atom. The van der Waals surface area contributed by atoms with Crippen LogP contribution in [-0.4, -0.2) is 60.2 Å². The van der Waals surface area contributed by atoms with Gasteiger partial charge in [0.2, 0.25) is 0 Å². The van der Waals surface area contributed by atoms with Crippen LogP contribution in [0.3, 0.4) is 0 Å². The zero-order valence-electron chi connectivity index (χ0n) is 16.6. The van der Waals surface area contributed by atoms with Gasteiger partial charge in [-0.1, -0.05) is 18.2 Å². The summed E-state index contributed by atoms with van der Waals surface area (Å²) in [6.07, 6.45) is 0.733. The number of aliphatic hydroxyl groups is 1. The van der Waals surface area contributed by atoms with E-state index in [0.717, 1.165) is 12.1 Å². The van der Waals surface area contributed by atoms with E-state index in [1.54, 1.807) is 19.9 Å². The van der Waals surface area contributed by atoms with Gasteiger partial charge in [-0.15, -0.1) is 0 Å². The van der Waals surface area contributed by atoms with E-state index in [4.69, 9.17) is 10.1 Å². The number of rotatable bonds is 9. The fourth-order valence-electron chi connectivity index (χ4n) is 3.02. The van der Waals surface area contributed by atoms with E-state index < -0.39 is 5.60 Å². The smallest absolute Gasteiger partial charge is 0.270 e. The van der Waals surface area contributed by atoms with Crippen LogP contribution in [0.1, 0.15) is 39.7 Å². The Morgan fingerprint density at radius 1 is 1.41 bits per heavy atom. The largest absolute Gasteiger partial charge is 0.388 e. The van der Waals surface area contributed by atoms with Crippen molar-refractivity contribution in [1.29, 1.82) is 5.41 Å². The summed E-state index contributed by atoms with van der Waals surface area (Å²) < 4.78 is 5.53. The molecule has 2 atom stereocenters. The molecule has 1 aliphatic heterocycles. The molecule has 7 nitrogen and oxygen atoms in total. The Bertz CT molecular complexity index is 655. The second-order valence-electron chi connectivity index (χ2n) is 8.06. The zero-order chi connectivity index (χ0) is 20.0. The molecule has 0 bridgehead atoms. The third-order valence-electron chi connectivity index (χ3n) is 4.20. The maximum atomic E-state index is 12.5. The predicted molar refractivity (Wildman–Crippen MR) is 107 cm³/mol. The van der Waals surface area contributed by atoms with Gasteiger partial charge in [0.25, 0.3) is 5.91 Å². The number of benzene rings is 1. The van der Waals surface area contributed by atoms with Crippen molar-refractivity contribution < 1.29 is 14.6 Å². The fourth-order valence-corrected chi connectivity index (χ4v) is 3.02. The topological polar surface area (TPSA) is 106 Å². The van der Waals surface area contributed by atoms with Crippen LogP contribution >= 0.6 is 0 Å². The number of nitrogens with one attached hydrogen (secondary N) is 4. The highest BCUT2D eigenvalue weighted by Crippen LogP contribution is 2.17. The van der Waals surface area contributed by atoms with Gasteiger partial charge in [0, 0.05) is 35.9 Å². The minimum atomic E-state index is -0.848. The highest BCUT2D eigenvalue weighted by atomic mass is 16.5. The molecule has 1 aromatic rings. The first-order valence-electron chi connectivity index (χ1n) is 9.44. The molecule has 1 heterocycles. The maximum absolute atomic E-state index is 12.5. The van der Waals surface area contributed by atoms with Crippen LogP contribution in [0, 0.1) is 5.41 Å². The standard InChI is InChI=1S/C20H32N4O3/c1-13(2)23-17-8-6-5-7-16(17)18(21)19(25)24-14-9-15(22-10-14)11-27-12-20(3,4)26/h5-8,13-15,21-23,26H,9-12H2,1-4H3,(H,24,25)/t14-,15-/m0/s1. The number of anilines is 1. The third-order valence-corrected chi connectivity index (χ3v) is 4.20. The van der Waals surface area contributed by atoms with E-state index in [9.17, 15) is 9.90 Å². The molecule has 0 spiro atoms. The SMILES string of the molecule is CC(C)Nc1ccccc1C(=N)C(=O)N[C@@H]1CN[C@H](COCC(C)(C)O)C1. The number of para-hydroxylation sites is 1. The van der Waals surface area contributed by atoms with Gasteiger partial charge in [-0.3, -0.25) is 10.2 Å². The summed E-state index contributed by atoms with van der Waals surface area (Å²) in [6, 6.07) is 7.68. The van der Waals surface area contributed by atoms with E-state index in [1.807, 2.05) is 32.0 Å². The van der Waals surface area contributed by atoms with Crippen LogP contribution in [0.25, 0.3) is 0 Å². The number of amides is 1. The van der Waals surface area contributed by atoms with E-state index >= 15 is 0 Å². The number of ether oxygens (including phenoxy) is 1. The molecule has 0 unspecified atom stereocenters. The Labute approximate surface area is 161 Å².